The lowest BCUT2D eigenvalue weighted by molar-refractivity contribution is 0.0697. The van der Waals surface area contributed by atoms with Crippen molar-refractivity contribution in [3.63, 3.8) is 0 Å². The SMILES string of the molecule is CC(C)Cc1sc(N(C)c2ncc(-c3cccs3)cc2C(=O)O)nc1-c1ccc(OCCOCCN(C)C)cc1. The third-order valence-electron chi connectivity index (χ3n) is 6.09. The Balaban J connectivity index is 1.54. The lowest BCUT2D eigenvalue weighted by Gasteiger charge is -2.17. The summed E-state index contributed by atoms with van der Waals surface area (Å²) in [4.78, 5) is 27.7. The third-order valence-corrected chi connectivity index (χ3v) is 8.17. The smallest absolute Gasteiger partial charge is 0.339 e. The zero-order valence-electron chi connectivity index (χ0n) is 23.6. The zero-order chi connectivity index (χ0) is 28.6. The minimum Gasteiger partial charge on any atom is -0.491 e. The minimum atomic E-state index is -1.02. The molecule has 1 N–H and O–H groups in total. The maximum absolute atomic E-state index is 12.2. The van der Waals surface area contributed by atoms with E-state index in [2.05, 4.69) is 23.7 Å². The van der Waals surface area contributed by atoms with Gasteiger partial charge in [-0.05, 0) is 68.2 Å². The monoisotopic (exact) mass is 580 g/mol. The number of nitrogens with zero attached hydrogens (tertiary/aromatic N) is 4. The predicted octanol–water partition coefficient (Wildman–Crippen LogP) is 6.56. The summed E-state index contributed by atoms with van der Waals surface area (Å²) >= 11 is 3.12. The predicted molar refractivity (Wildman–Crippen MR) is 164 cm³/mol. The number of aromatic carboxylic acids is 1. The molecule has 0 radical (unpaired) electrons. The number of aromatic nitrogens is 2. The lowest BCUT2D eigenvalue weighted by Crippen LogP contribution is -2.19. The number of thiazole rings is 1. The molecule has 0 amide bonds. The molecule has 0 saturated carbocycles. The molecule has 0 bridgehead atoms. The number of ether oxygens (including phenoxy) is 2. The Bertz CT molecular complexity index is 1390. The van der Waals surface area contributed by atoms with Crippen molar-refractivity contribution in [2.75, 3.05) is 52.4 Å². The van der Waals surface area contributed by atoms with Crippen molar-refractivity contribution in [1.29, 1.82) is 0 Å². The molecule has 0 atom stereocenters. The number of rotatable bonds is 14. The van der Waals surface area contributed by atoms with Gasteiger partial charge in [0.05, 0.1) is 18.9 Å². The van der Waals surface area contributed by atoms with E-state index < -0.39 is 5.97 Å². The summed E-state index contributed by atoms with van der Waals surface area (Å²) in [5.41, 5.74) is 2.81. The number of pyridine rings is 1. The van der Waals surface area contributed by atoms with E-state index in [1.165, 1.54) is 0 Å². The molecule has 0 fully saturated rings. The van der Waals surface area contributed by atoms with Crippen LogP contribution >= 0.6 is 22.7 Å². The number of carbonyl (C=O) groups is 1. The summed E-state index contributed by atoms with van der Waals surface area (Å²) in [6.45, 7) is 6.94. The molecule has 40 heavy (non-hydrogen) atoms. The fraction of sp³-hybridized carbons (Fsp3) is 0.367. The Labute approximate surface area is 243 Å². The average Bonchev–Trinajstić information content (AvgIpc) is 3.61. The van der Waals surface area contributed by atoms with Crippen LogP contribution in [0.25, 0.3) is 21.7 Å². The standard InChI is InChI=1S/C30H36N4O4S2/c1-20(2)17-26-27(21-8-10-23(11-9-21)38-15-14-37-13-12-33(3)4)32-30(40-26)34(5)28-24(29(35)36)18-22(19-31-28)25-7-6-16-39-25/h6-11,16,18-20H,12-15,17H2,1-5H3,(H,35,36). The molecule has 4 aromatic rings. The van der Waals surface area contributed by atoms with E-state index >= 15 is 0 Å². The number of carboxylic acid groups (broad SMARTS) is 1. The topological polar surface area (TPSA) is 88.0 Å². The molecule has 0 unspecified atom stereocenters. The molecule has 8 nitrogen and oxygen atoms in total. The maximum Gasteiger partial charge on any atom is 0.339 e. The van der Waals surface area contributed by atoms with E-state index in [4.69, 9.17) is 14.5 Å². The van der Waals surface area contributed by atoms with Crippen LogP contribution in [0.2, 0.25) is 0 Å². The van der Waals surface area contributed by atoms with E-state index in [1.54, 1.807) is 39.8 Å². The van der Waals surface area contributed by atoms with Crippen LogP contribution < -0.4 is 9.64 Å². The van der Waals surface area contributed by atoms with Crippen LogP contribution in [0.15, 0.2) is 54.0 Å². The molecule has 0 spiro atoms. The first kappa shape index (κ1) is 29.7. The number of likely N-dealkylation sites (N-methyl/N-ethyl adjacent to an activating group) is 1. The molecule has 0 aliphatic heterocycles. The Kier molecular flexibility index (Phi) is 10.3. The van der Waals surface area contributed by atoms with Crippen molar-refractivity contribution in [1.82, 2.24) is 14.9 Å². The number of carboxylic acids is 1. The Morgan fingerprint density at radius 1 is 1.05 bits per heavy atom. The van der Waals surface area contributed by atoms with Gasteiger partial charge in [-0.25, -0.2) is 14.8 Å². The normalized spacial score (nSPS) is 11.4. The number of hydrogen-bond donors (Lipinski definition) is 1. The molecule has 0 aliphatic rings. The van der Waals surface area contributed by atoms with Gasteiger partial charge in [0.1, 0.15) is 23.7 Å². The first-order valence-corrected chi connectivity index (χ1v) is 14.9. The van der Waals surface area contributed by atoms with Crippen LogP contribution in [-0.2, 0) is 11.2 Å². The highest BCUT2D eigenvalue weighted by Crippen LogP contribution is 2.38. The van der Waals surface area contributed by atoms with Gasteiger partial charge < -0.3 is 24.4 Å². The van der Waals surface area contributed by atoms with Gasteiger partial charge in [0, 0.05) is 40.7 Å². The molecule has 1 aromatic carbocycles. The van der Waals surface area contributed by atoms with Crippen LogP contribution in [-0.4, -0.2) is 73.5 Å². The molecule has 10 heteroatoms. The first-order chi connectivity index (χ1) is 19.2. The number of hydrogen-bond acceptors (Lipinski definition) is 9. The molecule has 3 aromatic heterocycles. The Hall–Kier alpha value is -3.31. The fourth-order valence-electron chi connectivity index (χ4n) is 4.04. The largest absolute Gasteiger partial charge is 0.491 e. The molecule has 0 aliphatic carbocycles. The van der Waals surface area contributed by atoms with E-state index in [0.29, 0.717) is 36.7 Å². The summed E-state index contributed by atoms with van der Waals surface area (Å²) in [6.07, 6.45) is 2.58. The Morgan fingerprint density at radius 2 is 1.82 bits per heavy atom. The highest BCUT2D eigenvalue weighted by Gasteiger charge is 2.23. The van der Waals surface area contributed by atoms with Gasteiger partial charge in [-0.3, -0.25) is 0 Å². The average molecular weight is 581 g/mol. The van der Waals surface area contributed by atoms with Gasteiger partial charge in [0.2, 0.25) is 0 Å². The van der Waals surface area contributed by atoms with Crippen LogP contribution in [0.1, 0.15) is 29.1 Å². The Morgan fingerprint density at radius 3 is 2.48 bits per heavy atom. The maximum atomic E-state index is 12.2. The molecule has 4 rings (SSSR count). The molecular weight excluding hydrogens is 544 g/mol. The van der Waals surface area contributed by atoms with Gasteiger partial charge in [0.15, 0.2) is 5.13 Å². The molecule has 3 heterocycles. The van der Waals surface area contributed by atoms with Gasteiger partial charge in [0.25, 0.3) is 0 Å². The van der Waals surface area contributed by atoms with Crippen molar-refractivity contribution in [2.24, 2.45) is 5.92 Å². The van der Waals surface area contributed by atoms with E-state index in [-0.39, 0.29) is 5.56 Å². The van der Waals surface area contributed by atoms with Gasteiger partial charge in [-0.15, -0.1) is 22.7 Å². The van der Waals surface area contributed by atoms with Crippen LogP contribution in [0, 0.1) is 5.92 Å². The highest BCUT2D eigenvalue weighted by molar-refractivity contribution is 7.16. The van der Waals surface area contributed by atoms with Crippen molar-refractivity contribution >= 4 is 39.6 Å². The minimum absolute atomic E-state index is 0.141. The fourth-order valence-corrected chi connectivity index (χ4v) is 6.01. The van der Waals surface area contributed by atoms with Crippen molar-refractivity contribution < 1.29 is 19.4 Å². The number of thiophene rings is 1. The second kappa shape index (κ2) is 13.8. The van der Waals surface area contributed by atoms with Crippen LogP contribution in [0.3, 0.4) is 0 Å². The summed E-state index contributed by atoms with van der Waals surface area (Å²) in [6, 6.07) is 13.5. The molecule has 0 saturated heterocycles. The summed E-state index contributed by atoms with van der Waals surface area (Å²) in [7, 11) is 5.86. The summed E-state index contributed by atoms with van der Waals surface area (Å²) in [5.74, 6) is 0.552. The summed E-state index contributed by atoms with van der Waals surface area (Å²) in [5, 5.41) is 12.6. The number of anilines is 2. The molecular formula is C30H36N4O4S2. The highest BCUT2D eigenvalue weighted by atomic mass is 32.1. The van der Waals surface area contributed by atoms with Gasteiger partial charge in [-0.2, -0.15) is 0 Å². The van der Waals surface area contributed by atoms with Crippen LogP contribution in [0.5, 0.6) is 5.75 Å². The van der Waals surface area contributed by atoms with Crippen molar-refractivity contribution in [2.45, 2.75) is 20.3 Å². The zero-order valence-corrected chi connectivity index (χ0v) is 25.2. The second-order valence-electron chi connectivity index (χ2n) is 10.1. The van der Waals surface area contributed by atoms with Crippen molar-refractivity contribution in [3.05, 3.63) is 64.5 Å². The summed E-state index contributed by atoms with van der Waals surface area (Å²) < 4.78 is 11.4. The van der Waals surface area contributed by atoms with Gasteiger partial charge in [-0.1, -0.05) is 19.9 Å². The second-order valence-corrected chi connectivity index (χ2v) is 12.1. The van der Waals surface area contributed by atoms with E-state index in [0.717, 1.165) is 45.3 Å². The lowest BCUT2D eigenvalue weighted by atomic mass is 10.0. The first-order valence-electron chi connectivity index (χ1n) is 13.2. The quantitative estimate of drug-likeness (QED) is 0.168. The van der Waals surface area contributed by atoms with E-state index in [1.807, 2.05) is 62.9 Å². The van der Waals surface area contributed by atoms with Crippen LogP contribution in [0.4, 0.5) is 10.9 Å². The van der Waals surface area contributed by atoms with E-state index in [9.17, 15) is 9.90 Å². The van der Waals surface area contributed by atoms with Gasteiger partial charge >= 0.3 is 5.97 Å². The third kappa shape index (κ3) is 7.66. The molecule has 212 valence electrons. The number of benzene rings is 1. The van der Waals surface area contributed by atoms with Crippen molar-refractivity contribution in [3.8, 4) is 27.4 Å².